The van der Waals surface area contributed by atoms with Crippen molar-refractivity contribution in [2.24, 2.45) is 0 Å². The second-order valence-corrected chi connectivity index (χ2v) is 3.28. The Kier molecular flexibility index (Phi) is 3.96. The van der Waals surface area contributed by atoms with Gasteiger partial charge in [-0.25, -0.2) is 0 Å². The van der Waals surface area contributed by atoms with Crippen LogP contribution in [0.1, 0.15) is 12.0 Å². The first kappa shape index (κ1) is 12.1. The lowest BCUT2D eigenvalue weighted by atomic mass is 10.2. The monoisotopic (exact) mass is 224 g/mol. The molecule has 1 aromatic carbocycles. The molecule has 0 aliphatic heterocycles. The van der Waals surface area contributed by atoms with Gasteiger partial charge in [0.05, 0.1) is 18.0 Å². The zero-order chi connectivity index (χ0) is 12.1. The lowest BCUT2D eigenvalue weighted by Crippen LogP contribution is -2.12. The summed E-state index contributed by atoms with van der Waals surface area (Å²) < 4.78 is 0. The molecule has 0 spiro atoms. The van der Waals surface area contributed by atoms with Gasteiger partial charge in [0.2, 0.25) is 5.91 Å². The smallest absolute Gasteiger partial charge is 0.272 e. The fourth-order valence-electron chi connectivity index (χ4n) is 1.26. The quantitative estimate of drug-likeness (QED) is 0.594. The number of nitro benzene ring substituents is 1. The number of hydrogen-bond acceptors (Lipinski definition) is 4. The van der Waals surface area contributed by atoms with Crippen molar-refractivity contribution < 1.29 is 14.8 Å². The predicted octanol–water partition coefficient (Wildman–Crippen LogP) is 1.22. The number of anilines is 1. The summed E-state index contributed by atoms with van der Waals surface area (Å²) >= 11 is 0. The molecule has 0 atom stereocenters. The maximum Gasteiger partial charge on any atom is 0.272 e. The molecule has 6 nitrogen and oxygen atoms in total. The van der Waals surface area contributed by atoms with Gasteiger partial charge in [0.25, 0.3) is 5.69 Å². The Balaban J connectivity index is 2.81. The molecule has 1 rings (SSSR count). The SMILES string of the molecule is Cc1cc(NC(=O)CCO)ccc1[N+](=O)[O-]. The number of aryl methyl sites for hydroxylation is 1. The fourth-order valence-corrected chi connectivity index (χ4v) is 1.26. The lowest BCUT2D eigenvalue weighted by molar-refractivity contribution is -0.385. The van der Waals surface area contributed by atoms with E-state index in [9.17, 15) is 14.9 Å². The molecule has 1 aromatic rings. The summed E-state index contributed by atoms with van der Waals surface area (Å²) in [7, 11) is 0. The van der Waals surface area contributed by atoms with Gasteiger partial charge in [0.15, 0.2) is 0 Å². The minimum atomic E-state index is -0.478. The van der Waals surface area contributed by atoms with Crippen LogP contribution in [0.15, 0.2) is 18.2 Å². The molecule has 0 aliphatic rings. The van der Waals surface area contributed by atoms with Gasteiger partial charge in [-0.3, -0.25) is 14.9 Å². The van der Waals surface area contributed by atoms with Gasteiger partial charge in [-0.2, -0.15) is 0 Å². The lowest BCUT2D eigenvalue weighted by Gasteiger charge is -2.05. The van der Waals surface area contributed by atoms with Gasteiger partial charge in [0.1, 0.15) is 0 Å². The Bertz CT molecular complexity index is 417. The summed E-state index contributed by atoms with van der Waals surface area (Å²) in [6.07, 6.45) is 0.00996. The Morgan fingerprint density at radius 1 is 1.56 bits per heavy atom. The van der Waals surface area contributed by atoms with Crippen molar-refractivity contribution in [1.29, 1.82) is 0 Å². The number of carbonyl (C=O) groups excluding carboxylic acids is 1. The van der Waals surface area contributed by atoms with Crippen LogP contribution in [0.2, 0.25) is 0 Å². The molecule has 16 heavy (non-hydrogen) atoms. The highest BCUT2D eigenvalue weighted by molar-refractivity contribution is 5.91. The second-order valence-electron chi connectivity index (χ2n) is 3.28. The molecule has 86 valence electrons. The van der Waals surface area contributed by atoms with E-state index in [-0.39, 0.29) is 24.6 Å². The van der Waals surface area contributed by atoms with Crippen LogP contribution < -0.4 is 5.32 Å². The molecular weight excluding hydrogens is 212 g/mol. The first-order valence-electron chi connectivity index (χ1n) is 4.70. The molecule has 0 saturated carbocycles. The molecule has 0 aromatic heterocycles. The van der Waals surface area contributed by atoms with Gasteiger partial charge >= 0.3 is 0 Å². The maximum atomic E-state index is 11.1. The van der Waals surface area contributed by atoms with Crippen molar-refractivity contribution in [2.45, 2.75) is 13.3 Å². The number of aliphatic hydroxyl groups is 1. The Labute approximate surface area is 92.0 Å². The normalized spacial score (nSPS) is 9.88. The van der Waals surface area contributed by atoms with Crippen LogP contribution in [0.25, 0.3) is 0 Å². The topological polar surface area (TPSA) is 92.5 Å². The summed E-state index contributed by atoms with van der Waals surface area (Å²) in [6.45, 7) is 1.37. The molecule has 2 N–H and O–H groups in total. The van der Waals surface area contributed by atoms with Crippen LogP contribution in [0.4, 0.5) is 11.4 Å². The number of hydrogen-bond donors (Lipinski definition) is 2. The number of nitro groups is 1. The van der Waals surface area contributed by atoms with Crippen molar-refractivity contribution in [1.82, 2.24) is 0 Å². The van der Waals surface area contributed by atoms with Crippen LogP contribution in [0.5, 0.6) is 0 Å². The van der Waals surface area contributed by atoms with Crippen LogP contribution >= 0.6 is 0 Å². The molecule has 0 unspecified atom stereocenters. The summed E-state index contributed by atoms with van der Waals surface area (Å²) in [5.74, 6) is -0.323. The minimum Gasteiger partial charge on any atom is -0.396 e. The van der Waals surface area contributed by atoms with E-state index in [0.717, 1.165) is 0 Å². The van der Waals surface area contributed by atoms with Crippen molar-refractivity contribution in [2.75, 3.05) is 11.9 Å². The molecule has 0 aliphatic carbocycles. The van der Waals surface area contributed by atoms with Crippen LogP contribution in [-0.4, -0.2) is 22.5 Å². The number of nitrogens with one attached hydrogen (secondary N) is 1. The van der Waals surface area contributed by atoms with Gasteiger partial charge < -0.3 is 10.4 Å². The molecule has 0 saturated heterocycles. The van der Waals surface area contributed by atoms with Gasteiger partial charge in [-0.05, 0) is 19.1 Å². The fraction of sp³-hybridized carbons (Fsp3) is 0.300. The largest absolute Gasteiger partial charge is 0.396 e. The zero-order valence-corrected chi connectivity index (χ0v) is 8.77. The zero-order valence-electron chi connectivity index (χ0n) is 8.77. The predicted molar refractivity (Wildman–Crippen MR) is 58.2 cm³/mol. The van der Waals surface area contributed by atoms with E-state index >= 15 is 0 Å². The number of rotatable bonds is 4. The maximum absolute atomic E-state index is 11.1. The molecule has 0 heterocycles. The molecule has 0 radical (unpaired) electrons. The van der Waals surface area contributed by atoms with Crippen LogP contribution in [0, 0.1) is 17.0 Å². The van der Waals surface area contributed by atoms with E-state index in [4.69, 9.17) is 5.11 Å². The third-order valence-electron chi connectivity index (χ3n) is 2.02. The third kappa shape index (κ3) is 3.03. The van der Waals surface area contributed by atoms with E-state index < -0.39 is 4.92 Å². The molecule has 6 heteroatoms. The van der Waals surface area contributed by atoms with Gasteiger partial charge in [-0.15, -0.1) is 0 Å². The van der Waals surface area contributed by atoms with Crippen LogP contribution in [-0.2, 0) is 4.79 Å². The van der Waals surface area contributed by atoms with E-state index in [0.29, 0.717) is 11.3 Å². The van der Waals surface area contributed by atoms with E-state index in [1.165, 1.54) is 18.2 Å². The Morgan fingerprint density at radius 2 is 2.25 bits per heavy atom. The van der Waals surface area contributed by atoms with Crippen molar-refractivity contribution in [3.05, 3.63) is 33.9 Å². The standard InChI is InChI=1S/C10H12N2O4/c1-7-6-8(11-10(14)4-5-13)2-3-9(7)12(15)16/h2-3,6,13H,4-5H2,1H3,(H,11,14). The van der Waals surface area contributed by atoms with Crippen molar-refractivity contribution in [3.8, 4) is 0 Å². The van der Waals surface area contributed by atoms with E-state index in [1.807, 2.05) is 0 Å². The molecule has 0 bridgehead atoms. The summed E-state index contributed by atoms with van der Waals surface area (Å²) in [5, 5.41) is 21.6. The number of nitrogens with zero attached hydrogens (tertiary/aromatic N) is 1. The second kappa shape index (κ2) is 5.22. The highest BCUT2D eigenvalue weighted by Crippen LogP contribution is 2.21. The summed E-state index contributed by atoms with van der Waals surface area (Å²) in [4.78, 5) is 21.2. The summed E-state index contributed by atoms with van der Waals surface area (Å²) in [6, 6.07) is 4.32. The highest BCUT2D eigenvalue weighted by atomic mass is 16.6. The average molecular weight is 224 g/mol. The van der Waals surface area contributed by atoms with Crippen molar-refractivity contribution in [3.63, 3.8) is 0 Å². The minimum absolute atomic E-state index is 0.00996. The Morgan fingerprint density at radius 3 is 2.75 bits per heavy atom. The summed E-state index contributed by atoms with van der Waals surface area (Å²) in [5.41, 5.74) is 0.980. The van der Waals surface area contributed by atoms with Crippen molar-refractivity contribution >= 4 is 17.3 Å². The average Bonchev–Trinajstić information content (AvgIpc) is 2.17. The van der Waals surface area contributed by atoms with Gasteiger partial charge in [-0.1, -0.05) is 0 Å². The molecule has 0 fully saturated rings. The number of carbonyl (C=O) groups is 1. The number of benzene rings is 1. The molecular formula is C10H12N2O4. The molecule has 1 amide bonds. The third-order valence-corrected chi connectivity index (χ3v) is 2.02. The Hall–Kier alpha value is -1.95. The highest BCUT2D eigenvalue weighted by Gasteiger charge is 2.10. The van der Waals surface area contributed by atoms with E-state index in [2.05, 4.69) is 5.32 Å². The number of aliphatic hydroxyl groups excluding tert-OH is 1. The first-order valence-corrected chi connectivity index (χ1v) is 4.70. The number of amides is 1. The van der Waals surface area contributed by atoms with Crippen LogP contribution in [0.3, 0.4) is 0 Å². The van der Waals surface area contributed by atoms with Gasteiger partial charge in [0, 0.05) is 17.3 Å². The van der Waals surface area contributed by atoms with E-state index in [1.54, 1.807) is 6.92 Å². The first-order chi connectivity index (χ1) is 7.54.